The fourth-order valence-corrected chi connectivity index (χ4v) is 11.0. The highest BCUT2D eigenvalue weighted by molar-refractivity contribution is 6.75. The van der Waals surface area contributed by atoms with E-state index in [-0.39, 0.29) is 5.73 Å². The molecule has 0 aromatic rings. The molecular formula is C14H36O5Si3. The summed E-state index contributed by atoms with van der Waals surface area (Å²) in [4.78, 5) is 0. The second-order valence-corrected chi connectivity index (χ2v) is 16.2. The molecule has 0 radical (unpaired) electrons. The summed E-state index contributed by atoms with van der Waals surface area (Å²) in [5.74, 6) is 0. The lowest BCUT2D eigenvalue weighted by Gasteiger charge is -2.47. The van der Waals surface area contributed by atoms with Gasteiger partial charge in [-0.3, -0.25) is 0 Å². The van der Waals surface area contributed by atoms with Crippen molar-refractivity contribution < 1.29 is 22.1 Å². The lowest BCUT2D eigenvalue weighted by atomic mass is 10.2. The summed E-state index contributed by atoms with van der Waals surface area (Å²) in [7, 11) is -1.18. The van der Waals surface area contributed by atoms with Gasteiger partial charge in [0.25, 0.3) is 0 Å². The van der Waals surface area contributed by atoms with E-state index in [1.54, 1.807) is 21.3 Å². The Kier molecular flexibility index (Phi) is 9.26. The van der Waals surface area contributed by atoms with Crippen LogP contribution in [-0.4, -0.2) is 58.4 Å². The number of hydrogen-bond acceptors (Lipinski definition) is 5. The summed E-state index contributed by atoms with van der Waals surface area (Å²) in [6.07, 6.45) is 1.57. The highest BCUT2D eigenvalue weighted by Crippen LogP contribution is 2.37. The Balaban J connectivity index is 5.58. The van der Waals surface area contributed by atoms with Crippen molar-refractivity contribution in [3.63, 3.8) is 0 Å². The Morgan fingerprint density at radius 2 is 1.36 bits per heavy atom. The summed E-state index contributed by atoms with van der Waals surface area (Å²) >= 11 is 0. The molecule has 0 saturated heterocycles. The van der Waals surface area contributed by atoms with Gasteiger partial charge in [0.1, 0.15) is 5.22 Å². The van der Waals surface area contributed by atoms with Crippen LogP contribution in [0.5, 0.6) is 0 Å². The molecule has 0 aliphatic carbocycles. The van der Waals surface area contributed by atoms with Crippen LogP contribution in [0.15, 0.2) is 0 Å². The van der Waals surface area contributed by atoms with Crippen LogP contribution in [0.1, 0.15) is 33.6 Å². The first-order chi connectivity index (χ1) is 10.1. The zero-order valence-corrected chi connectivity index (χ0v) is 19.3. The molecule has 0 saturated carbocycles. The zero-order chi connectivity index (χ0) is 17.6. The minimum Gasteiger partial charge on any atom is -0.418 e. The third-order valence-corrected chi connectivity index (χ3v) is 12.4. The molecule has 0 bridgehead atoms. The Morgan fingerprint density at radius 1 is 0.955 bits per heavy atom. The summed E-state index contributed by atoms with van der Waals surface area (Å²) in [5.41, 5.74) is 0.133. The van der Waals surface area contributed by atoms with Crippen LogP contribution < -0.4 is 0 Å². The molecule has 1 unspecified atom stereocenters. The maximum absolute atomic E-state index is 6.75. The second kappa shape index (κ2) is 9.07. The Labute approximate surface area is 140 Å². The van der Waals surface area contributed by atoms with E-state index in [9.17, 15) is 0 Å². The summed E-state index contributed by atoms with van der Waals surface area (Å²) in [6, 6.07) is 0. The molecule has 0 fully saturated rings. The Morgan fingerprint density at radius 3 is 1.64 bits per heavy atom. The molecule has 5 nitrogen and oxygen atoms in total. The molecule has 0 N–H and O–H groups in total. The van der Waals surface area contributed by atoms with Gasteiger partial charge in [0, 0.05) is 21.3 Å². The van der Waals surface area contributed by atoms with Crippen LogP contribution in [0, 0.1) is 0 Å². The minimum absolute atomic E-state index is 0.133. The molecule has 0 aromatic heterocycles. The fourth-order valence-electron chi connectivity index (χ4n) is 2.86. The van der Waals surface area contributed by atoms with Crippen molar-refractivity contribution in [1.29, 1.82) is 0 Å². The predicted molar refractivity (Wildman–Crippen MR) is 98.1 cm³/mol. The molecule has 0 aromatic carbocycles. The van der Waals surface area contributed by atoms with E-state index >= 15 is 0 Å². The normalized spacial score (nSPS) is 15.4. The minimum atomic E-state index is -2.92. The van der Waals surface area contributed by atoms with E-state index in [1.807, 2.05) is 0 Å². The third kappa shape index (κ3) is 4.73. The molecule has 1 atom stereocenters. The summed E-state index contributed by atoms with van der Waals surface area (Å²) in [6.45, 7) is 15.1. The van der Waals surface area contributed by atoms with Crippen molar-refractivity contribution in [2.24, 2.45) is 0 Å². The fraction of sp³-hybridized carbons (Fsp3) is 1.00. The van der Waals surface area contributed by atoms with Crippen molar-refractivity contribution in [2.45, 2.75) is 70.8 Å². The van der Waals surface area contributed by atoms with Crippen molar-refractivity contribution in [2.75, 3.05) is 21.3 Å². The van der Waals surface area contributed by atoms with Crippen LogP contribution in [0.4, 0.5) is 0 Å². The standard InChI is InChI=1S/C14H36O5Si3/c1-11-14(12-2,22(15-4,16-5)17-6)19-21(9,10)13(3)18-20(7)8/h13,20H,11-12H2,1-10H3. The van der Waals surface area contributed by atoms with Crippen molar-refractivity contribution in [3.05, 3.63) is 0 Å². The number of rotatable bonds is 11. The average molecular weight is 369 g/mol. The third-order valence-electron chi connectivity index (χ3n) is 4.42. The first kappa shape index (κ1) is 22.5. The first-order valence-electron chi connectivity index (χ1n) is 8.11. The van der Waals surface area contributed by atoms with E-state index in [4.69, 9.17) is 22.1 Å². The Bertz CT molecular complexity index is 309. The molecule has 8 heteroatoms. The average Bonchev–Trinajstić information content (AvgIpc) is 2.47. The molecule has 134 valence electrons. The lowest BCUT2D eigenvalue weighted by molar-refractivity contribution is -0.00370. The molecule has 22 heavy (non-hydrogen) atoms. The van der Waals surface area contributed by atoms with Gasteiger partial charge in [-0.05, 0) is 46.0 Å². The predicted octanol–water partition coefficient (Wildman–Crippen LogP) is 3.11. The van der Waals surface area contributed by atoms with Gasteiger partial charge in [-0.2, -0.15) is 0 Å². The maximum Gasteiger partial charge on any atom is 0.532 e. The largest absolute Gasteiger partial charge is 0.532 e. The lowest BCUT2D eigenvalue weighted by Crippen LogP contribution is -2.68. The molecule has 0 rings (SSSR count). The zero-order valence-electron chi connectivity index (χ0n) is 16.1. The molecule has 0 spiro atoms. The quantitative estimate of drug-likeness (QED) is 0.524. The van der Waals surface area contributed by atoms with E-state index in [0.717, 1.165) is 12.8 Å². The molecule has 0 aliphatic heterocycles. The van der Waals surface area contributed by atoms with E-state index in [2.05, 4.69) is 47.0 Å². The van der Waals surface area contributed by atoms with Crippen LogP contribution in [0.25, 0.3) is 0 Å². The first-order valence-corrected chi connectivity index (χ1v) is 15.6. The highest BCUT2D eigenvalue weighted by atomic mass is 28.4. The topological polar surface area (TPSA) is 46.2 Å². The van der Waals surface area contributed by atoms with Gasteiger partial charge in [0.05, 0.1) is 5.73 Å². The van der Waals surface area contributed by atoms with Gasteiger partial charge in [0.15, 0.2) is 9.04 Å². The van der Waals surface area contributed by atoms with Crippen LogP contribution in [0.2, 0.25) is 26.2 Å². The molecular weight excluding hydrogens is 332 g/mol. The maximum atomic E-state index is 6.75. The van der Waals surface area contributed by atoms with Crippen molar-refractivity contribution >= 4 is 26.2 Å². The van der Waals surface area contributed by atoms with Crippen LogP contribution >= 0.6 is 0 Å². The number of hydrogen-bond donors (Lipinski definition) is 0. The molecule has 0 aliphatic rings. The van der Waals surface area contributed by atoms with Gasteiger partial charge >= 0.3 is 8.80 Å². The van der Waals surface area contributed by atoms with Gasteiger partial charge in [-0.25, -0.2) is 0 Å². The van der Waals surface area contributed by atoms with E-state index < -0.39 is 31.4 Å². The Hall–Kier alpha value is 0.451. The van der Waals surface area contributed by atoms with Gasteiger partial charge in [-0.15, -0.1) is 0 Å². The highest BCUT2D eigenvalue weighted by Gasteiger charge is 2.61. The monoisotopic (exact) mass is 368 g/mol. The summed E-state index contributed by atoms with van der Waals surface area (Å²) in [5, 5.41) is -0.531. The second-order valence-electron chi connectivity index (χ2n) is 6.40. The van der Waals surface area contributed by atoms with Crippen LogP contribution in [0.3, 0.4) is 0 Å². The van der Waals surface area contributed by atoms with E-state index in [1.165, 1.54) is 0 Å². The smallest absolute Gasteiger partial charge is 0.418 e. The molecule has 0 heterocycles. The van der Waals surface area contributed by atoms with Gasteiger partial charge in [0.2, 0.25) is 8.32 Å². The van der Waals surface area contributed by atoms with Crippen LogP contribution in [-0.2, 0) is 22.1 Å². The molecule has 0 amide bonds. The summed E-state index contributed by atoms with van der Waals surface area (Å²) < 4.78 is 30.1. The van der Waals surface area contributed by atoms with Gasteiger partial charge in [-0.1, -0.05) is 13.8 Å². The van der Waals surface area contributed by atoms with Gasteiger partial charge < -0.3 is 22.1 Å². The van der Waals surface area contributed by atoms with Crippen molar-refractivity contribution in [1.82, 2.24) is 0 Å². The SMILES string of the molecule is CCC(CC)(O[Si](C)(C)C(C)O[SiH](C)C)[Si](OC)(OC)OC. The van der Waals surface area contributed by atoms with Crippen molar-refractivity contribution in [3.8, 4) is 0 Å². The van der Waals surface area contributed by atoms with E-state index in [0.29, 0.717) is 0 Å².